The summed E-state index contributed by atoms with van der Waals surface area (Å²) in [5.41, 5.74) is -0.0515. The average Bonchev–Trinajstić information content (AvgIpc) is 2.09. The van der Waals surface area contributed by atoms with Crippen molar-refractivity contribution < 1.29 is 9.66 Å². The summed E-state index contributed by atoms with van der Waals surface area (Å²) in [6, 6.07) is 2.93. The molecule has 4 nitrogen and oxygen atoms in total. The minimum atomic E-state index is -0.494. The van der Waals surface area contributed by atoms with E-state index in [2.05, 4.69) is 28.6 Å². The molecule has 13 heavy (non-hydrogen) atoms. The molecule has 0 unspecified atom stereocenters. The highest BCUT2D eigenvalue weighted by atomic mass is 79.9. The maximum Gasteiger partial charge on any atom is 0.288 e. The lowest BCUT2D eigenvalue weighted by Gasteiger charge is -2.03. The third-order valence-electron chi connectivity index (χ3n) is 1.44. The Balaban J connectivity index is 3.33. The van der Waals surface area contributed by atoms with Crippen LogP contribution in [0.2, 0.25) is 0 Å². The number of nitro groups is 1. The van der Waals surface area contributed by atoms with E-state index in [0.29, 0.717) is 15.1 Å². The molecular weight excluding hydrogens is 258 g/mol. The van der Waals surface area contributed by atoms with Gasteiger partial charge in [-0.05, 0) is 22.0 Å². The first kappa shape index (κ1) is 10.3. The molecule has 6 heteroatoms. The first-order valence-electron chi connectivity index (χ1n) is 3.27. The molecule has 0 atom stereocenters. The van der Waals surface area contributed by atoms with E-state index in [4.69, 9.17) is 4.74 Å². The molecule has 0 N–H and O–H groups in total. The molecule has 0 fully saturated rings. The lowest BCUT2D eigenvalue weighted by atomic mass is 10.3. The van der Waals surface area contributed by atoms with Crippen LogP contribution in [-0.2, 0) is 0 Å². The Morgan fingerprint density at radius 3 is 2.69 bits per heavy atom. The SMILES string of the molecule is COc1cc(S)c(Br)c([N+](=O)[O-])c1. The molecule has 0 aliphatic heterocycles. The predicted molar refractivity (Wildman–Crippen MR) is 54.6 cm³/mol. The fourth-order valence-electron chi connectivity index (χ4n) is 0.820. The number of thiol groups is 1. The van der Waals surface area contributed by atoms with Gasteiger partial charge in [0.1, 0.15) is 10.2 Å². The van der Waals surface area contributed by atoms with Crippen molar-refractivity contribution in [1.29, 1.82) is 0 Å². The van der Waals surface area contributed by atoms with Gasteiger partial charge in [0.05, 0.1) is 18.1 Å². The van der Waals surface area contributed by atoms with Gasteiger partial charge in [-0.15, -0.1) is 12.6 Å². The summed E-state index contributed by atoms with van der Waals surface area (Å²) in [5.74, 6) is 0.417. The zero-order valence-electron chi connectivity index (χ0n) is 6.65. The standard InChI is InChI=1S/C7H6BrNO3S/c1-12-4-2-5(9(10)11)7(8)6(13)3-4/h2-3,13H,1H3. The number of hydrogen-bond donors (Lipinski definition) is 1. The summed E-state index contributed by atoms with van der Waals surface area (Å²) in [7, 11) is 1.44. The molecule has 0 saturated carbocycles. The van der Waals surface area contributed by atoms with Gasteiger partial charge in [-0.1, -0.05) is 0 Å². The van der Waals surface area contributed by atoms with Gasteiger partial charge < -0.3 is 4.74 Å². The van der Waals surface area contributed by atoms with Crippen LogP contribution in [0.4, 0.5) is 5.69 Å². The molecule has 0 aromatic heterocycles. The van der Waals surface area contributed by atoms with E-state index in [1.165, 1.54) is 13.2 Å². The molecule has 0 saturated heterocycles. The zero-order valence-corrected chi connectivity index (χ0v) is 9.13. The molecule has 0 bridgehead atoms. The van der Waals surface area contributed by atoms with Gasteiger partial charge >= 0.3 is 0 Å². The lowest BCUT2D eigenvalue weighted by Crippen LogP contribution is -1.92. The molecule has 0 aliphatic rings. The van der Waals surface area contributed by atoms with E-state index in [-0.39, 0.29) is 5.69 Å². The Morgan fingerprint density at radius 1 is 1.62 bits per heavy atom. The van der Waals surface area contributed by atoms with Crippen LogP contribution in [0.5, 0.6) is 5.75 Å². The molecule has 1 aromatic carbocycles. The number of benzene rings is 1. The van der Waals surface area contributed by atoms with Crippen LogP contribution in [0.15, 0.2) is 21.5 Å². The number of nitro benzene ring substituents is 1. The predicted octanol–water partition coefficient (Wildman–Crippen LogP) is 2.65. The quantitative estimate of drug-likeness (QED) is 0.507. The second kappa shape index (κ2) is 3.97. The van der Waals surface area contributed by atoms with Crippen LogP contribution in [0, 0.1) is 10.1 Å². The van der Waals surface area contributed by atoms with Gasteiger partial charge in [0.2, 0.25) is 0 Å². The van der Waals surface area contributed by atoms with E-state index < -0.39 is 4.92 Å². The first-order valence-corrected chi connectivity index (χ1v) is 4.51. The number of ether oxygens (including phenoxy) is 1. The highest BCUT2D eigenvalue weighted by molar-refractivity contribution is 9.10. The smallest absolute Gasteiger partial charge is 0.288 e. The average molecular weight is 264 g/mol. The molecule has 0 amide bonds. The molecule has 0 radical (unpaired) electrons. The van der Waals surface area contributed by atoms with E-state index >= 15 is 0 Å². The van der Waals surface area contributed by atoms with Crippen molar-refractivity contribution in [1.82, 2.24) is 0 Å². The van der Waals surface area contributed by atoms with Crippen LogP contribution < -0.4 is 4.74 Å². The van der Waals surface area contributed by atoms with Gasteiger partial charge in [-0.3, -0.25) is 10.1 Å². The van der Waals surface area contributed by atoms with Crippen molar-refractivity contribution in [2.45, 2.75) is 4.90 Å². The van der Waals surface area contributed by atoms with E-state index in [0.717, 1.165) is 0 Å². The molecule has 0 aliphatic carbocycles. The van der Waals surface area contributed by atoms with E-state index in [1.54, 1.807) is 6.07 Å². The summed E-state index contributed by atoms with van der Waals surface area (Å²) in [5, 5.41) is 10.5. The second-order valence-corrected chi connectivity index (χ2v) is 3.51. The Morgan fingerprint density at radius 2 is 2.23 bits per heavy atom. The van der Waals surface area contributed by atoms with Crippen molar-refractivity contribution in [3.8, 4) is 5.75 Å². The zero-order chi connectivity index (χ0) is 10.0. The third-order valence-corrected chi connectivity index (χ3v) is 2.93. The molecule has 0 spiro atoms. The molecule has 70 valence electrons. The van der Waals surface area contributed by atoms with Crippen molar-refractivity contribution in [2.75, 3.05) is 7.11 Å². The van der Waals surface area contributed by atoms with Gasteiger partial charge in [0, 0.05) is 4.90 Å². The molecule has 1 rings (SSSR count). The van der Waals surface area contributed by atoms with Crippen LogP contribution in [0.3, 0.4) is 0 Å². The van der Waals surface area contributed by atoms with Crippen molar-refractivity contribution in [2.24, 2.45) is 0 Å². The fourth-order valence-corrected chi connectivity index (χ4v) is 1.44. The topological polar surface area (TPSA) is 52.4 Å². The fraction of sp³-hybridized carbons (Fsp3) is 0.143. The normalized spacial score (nSPS) is 9.77. The van der Waals surface area contributed by atoms with Crippen molar-refractivity contribution >= 4 is 34.2 Å². The van der Waals surface area contributed by atoms with E-state index in [1.807, 2.05) is 0 Å². The minimum absolute atomic E-state index is 0.0515. The van der Waals surface area contributed by atoms with E-state index in [9.17, 15) is 10.1 Å². The van der Waals surface area contributed by atoms with Gasteiger partial charge in [-0.25, -0.2) is 0 Å². The number of hydrogen-bond acceptors (Lipinski definition) is 4. The van der Waals surface area contributed by atoms with Crippen LogP contribution in [-0.4, -0.2) is 12.0 Å². The number of halogens is 1. The van der Waals surface area contributed by atoms with Gasteiger partial charge in [0.25, 0.3) is 5.69 Å². The summed E-state index contributed by atoms with van der Waals surface area (Å²) < 4.78 is 5.23. The molecule has 1 aromatic rings. The van der Waals surface area contributed by atoms with Crippen molar-refractivity contribution in [3.63, 3.8) is 0 Å². The maximum absolute atomic E-state index is 10.5. The number of nitrogens with zero attached hydrogens (tertiary/aromatic N) is 1. The van der Waals surface area contributed by atoms with Crippen LogP contribution in [0.1, 0.15) is 0 Å². The highest BCUT2D eigenvalue weighted by Crippen LogP contribution is 2.34. The Hall–Kier alpha value is -0.750. The number of rotatable bonds is 2. The Labute approximate surface area is 88.6 Å². The Bertz CT molecular complexity index is 356. The van der Waals surface area contributed by atoms with Crippen LogP contribution in [0.25, 0.3) is 0 Å². The van der Waals surface area contributed by atoms with Crippen LogP contribution >= 0.6 is 28.6 Å². The van der Waals surface area contributed by atoms with Gasteiger partial charge in [-0.2, -0.15) is 0 Å². The second-order valence-electron chi connectivity index (χ2n) is 2.24. The highest BCUT2D eigenvalue weighted by Gasteiger charge is 2.16. The van der Waals surface area contributed by atoms with Gasteiger partial charge in [0.15, 0.2) is 0 Å². The largest absolute Gasteiger partial charge is 0.496 e. The summed E-state index contributed by atoms with van der Waals surface area (Å²) in [6.45, 7) is 0. The summed E-state index contributed by atoms with van der Waals surface area (Å²) in [4.78, 5) is 10.5. The minimum Gasteiger partial charge on any atom is -0.496 e. The summed E-state index contributed by atoms with van der Waals surface area (Å²) in [6.07, 6.45) is 0. The Kier molecular flexibility index (Phi) is 3.16. The first-order chi connectivity index (χ1) is 6.06. The monoisotopic (exact) mass is 263 g/mol. The molecular formula is C7H6BrNO3S. The maximum atomic E-state index is 10.5. The lowest BCUT2D eigenvalue weighted by molar-refractivity contribution is -0.386. The van der Waals surface area contributed by atoms with Crippen molar-refractivity contribution in [3.05, 3.63) is 26.7 Å². The summed E-state index contributed by atoms with van der Waals surface area (Å²) >= 11 is 7.12. The molecule has 0 heterocycles. The number of methoxy groups -OCH3 is 1. The third kappa shape index (κ3) is 2.13.